The minimum Gasteiger partial charge on any atom is -0.484 e. The zero-order valence-electron chi connectivity index (χ0n) is 18.2. The lowest BCUT2D eigenvalue weighted by Crippen LogP contribution is -2.18. The van der Waals surface area contributed by atoms with Gasteiger partial charge in [0.2, 0.25) is 5.91 Å². The van der Waals surface area contributed by atoms with Crippen LogP contribution in [-0.4, -0.2) is 39.5 Å². The molecule has 2 fully saturated rings. The number of ether oxygens (including phenoxy) is 1. The average molecular weight is 484 g/mol. The summed E-state index contributed by atoms with van der Waals surface area (Å²) in [5.74, 6) is 1.57. The minimum atomic E-state index is -0.0619. The van der Waals surface area contributed by atoms with Gasteiger partial charge in [0.1, 0.15) is 12.4 Å². The molecule has 2 heterocycles. The van der Waals surface area contributed by atoms with Crippen LogP contribution in [0.4, 0.5) is 11.4 Å². The Morgan fingerprint density at radius 1 is 1.09 bits per heavy atom. The SMILES string of the molecule is O=C(CSc1nnc(COc2ccccc2Cl)n1C1CC1)Nc1ccc(N2CCCC2)cc1. The van der Waals surface area contributed by atoms with E-state index in [0.717, 1.165) is 42.6 Å². The summed E-state index contributed by atoms with van der Waals surface area (Å²) in [7, 11) is 0. The van der Waals surface area contributed by atoms with Crippen LogP contribution in [0, 0.1) is 0 Å². The van der Waals surface area contributed by atoms with Gasteiger partial charge in [-0.2, -0.15) is 0 Å². The van der Waals surface area contributed by atoms with E-state index < -0.39 is 0 Å². The van der Waals surface area contributed by atoms with E-state index in [1.54, 1.807) is 6.07 Å². The first-order valence-electron chi connectivity index (χ1n) is 11.3. The molecule has 1 aliphatic heterocycles. The molecule has 0 atom stereocenters. The Hall–Kier alpha value is -2.71. The van der Waals surface area contributed by atoms with E-state index in [9.17, 15) is 4.79 Å². The van der Waals surface area contributed by atoms with E-state index >= 15 is 0 Å². The highest BCUT2D eigenvalue weighted by Crippen LogP contribution is 2.39. The van der Waals surface area contributed by atoms with Crippen molar-refractivity contribution in [3.05, 3.63) is 59.4 Å². The van der Waals surface area contributed by atoms with Crippen LogP contribution in [0.2, 0.25) is 5.02 Å². The topological polar surface area (TPSA) is 72.3 Å². The number of amides is 1. The first-order valence-corrected chi connectivity index (χ1v) is 12.6. The number of para-hydroxylation sites is 1. The van der Waals surface area contributed by atoms with Crippen molar-refractivity contribution in [1.82, 2.24) is 14.8 Å². The van der Waals surface area contributed by atoms with Gasteiger partial charge < -0.3 is 15.0 Å². The van der Waals surface area contributed by atoms with Gasteiger partial charge in [0, 0.05) is 30.5 Å². The summed E-state index contributed by atoms with van der Waals surface area (Å²) in [5, 5.41) is 12.9. The monoisotopic (exact) mass is 483 g/mol. The van der Waals surface area contributed by atoms with Crippen LogP contribution >= 0.6 is 23.4 Å². The third-order valence-corrected chi connectivity index (χ3v) is 7.05. The summed E-state index contributed by atoms with van der Waals surface area (Å²) in [4.78, 5) is 14.9. The number of aromatic nitrogens is 3. The largest absolute Gasteiger partial charge is 0.484 e. The van der Waals surface area contributed by atoms with E-state index in [-0.39, 0.29) is 18.3 Å². The van der Waals surface area contributed by atoms with Gasteiger partial charge in [-0.15, -0.1) is 10.2 Å². The zero-order valence-corrected chi connectivity index (χ0v) is 19.8. The molecule has 9 heteroatoms. The van der Waals surface area contributed by atoms with E-state index in [0.29, 0.717) is 16.8 Å². The molecular weight excluding hydrogens is 458 g/mol. The van der Waals surface area contributed by atoms with Crippen molar-refractivity contribution in [1.29, 1.82) is 0 Å². The predicted molar refractivity (Wildman–Crippen MR) is 131 cm³/mol. The number of hydrogen-bond donors (Lipinski definition) is 1. The van der Waals surface area contributed by atoms with E-state index in [2.05, 4.69) is 37.1 Å². The van der Waals surface area contributed by atoms with Crippen LogP contribution in [0.3, 0.4) is 0 Å². The molecule has 33 heavy (non-hydrogen) atoms. The smallest absolute Gasteiger partial charge is 0.234 e. The first kappa shape index (κ1) is 22.1. The van der Waals surface area contributed by atoms with Crippen molar-refractivity contribution in [2.24, 2.45) is 0 Å². The average Bonchev–Trinajstić information content (AvgIpc) is 3.35. The second kappa shape index (κ2) is 10.1. The molecule has 5 rings (SSSR count). The minimum absolute atomic E-state index is 0.0619. The molecule has 172 valence electrons. The van der Waals surface area contributed by atoms with Gasteiger partial charge in [-0.05, 0) is 62.1 Å². The summed E-state index contributed by atoms with van der Waals surface area (Å²) in [6, 6.07) is 15.8. The van der Waals surface area contributed by atoms with Gasteiger partial charge in [-0.25, -0.2) is 0 Å². The predicted octanol–water partition coefficient (Wildman–Crippen LogP) is 5.18. The maximum Gasteiger partial charge on any atom is 0.234 e. The number of carbonyl (C=O) groups is 1. The number of carbonyl (C=O) groups excluding carboxylic acids is 1. The highest BCUT2D eigenvalue weighted by molar-refractivity contribution is 7.99. The lowest BCUT2D eigenvalue weighted by atomic mass is 10.2. The van der Waals surface area contributed by atoms with Crippen molar-refractivity contribution in [2.45, 2.75) is 43.5 Å². The van der Waals surface area contributed by atoms with Gasteiger partial charge in [0.15, 0.2) is 11.0 Å². The molecule has 0 spiro atoms. The number of nitrogens with one attached hydrogen (secondary N) is 1. The number of rotatable bonds is 9. The van der Waals surface area contributed by atoms with E-state index in [4.69, 9.17) is 16.3 Å². The van der Waals surface area contributed by atoms with Crippen LogP contribution < -0.4 is 15.0 Å². The Bertz CT molecular complexity index is 1110. The number of halogens is 1. The van der Waals surface area contributed by atoms with Gasteiger partial charge in [-0.1, -0.05) is 35.5 Å². The van der Waals surface area contributed by atoms with Gasteiger partial charge in [0.05, 0.1) is 10.8 Å². The molecule has 0 unspecified atom stereocenters. The van der Waals surface area contributed by atoms with Crippen LogP contribution in [0.5, 0.6) is 5.75 Å². The summed E-state index contributed by atoms with van der Waals surface area (Å²) < 4.78 is 7.96. The van der Waals surface area contributed by atoms with Crippen molar-refractivity contribution in [3.63, 3.8) is 0 Å². The molecule has 1 aromatic heterocycles. The van der Waals surface area contributed by atoms with E-state index in [1.165, 1.54) is 30.3 Å². The van der Waals surface area contributed by atoms with Crippen molar-refractivity contribution < 1.29 is 9.53 Å². The normalized spacial score (nSPS) is 15.6. The van der Waals surface area contributed by atoms with Crippen LogP contribution in [-0.2, 0) is 11.4 Å². The standard InChI is InChI=1S/C24H26ClN5O2S/c25-20-5-1-2-6-21(20)32-15-22-27-28-24(30(22)19-11-12-19)33-16-23(31)26-17-7-9-18(10-8-17)29-13-3-4-14-29/h1-2,5-10,19H,3-4,11-16H2,(H,26,31). The van der Waals surface area contributed by atoms with Crippen LogP contribution in [0.15, 0.2) is 53.7 Å². The second-order valence-electron chi connectivity index (χ2n) is 8.30. The molecule has 1 N–H and O–H groups in total. The summed E-state index contributed by atoms with van der Waals surface area (Å²) >= 11 is 7.58. The highest BCUT2D eigenvalue weighted by atomic mass is 35.5. The van der Waals surface area contributed by atoms with Crippen molar-refractivity contribution in [3.8, 4) is 5.75 Å². The van der Waals surface area contributed by atoms with Crippen LogP contribution in [0.25, 0.3) is 0 Å². The van der Waals surface area contributed by atoms with Crippen LogP contribution in [0.1, 0.15) is 37.5 Å². The fourth-order valence-electron chi connectivity index (χ4n) is 3.97. The molecule has 7 nitrogen and oxygen atoms in total. The molecule has 1 aliphatic carbocycles. The molecule has 2 aliphatic rings. The molecule has 3 aromatic rings. The molecule has 1 saturated heterocycles. The number of hydrogen-bond acceptors (Lipinski definition) is 6. The second-order valence-corrected chi connectivity index (χ2v) is 9.65. The summed E-state index contributed by atoms with van der Waals surface area (Å²) in [6.07, 6.45) is 4.66. The molecule has 0 bridgehead atoms. The van der Waals surface area contributed by atoms with Gasteiger partial charge >= 0.3 is 0 Å². The first-order chi connectivity index (χ1) is 16.2. The number of benzene rings is 2. The Balaban J connectivity index is 1.17. The van der Waals surface area contributed by atoms with Gasteiger partial charge in [-0.3, -0.25) is 9.36 Å². The molecule has 0 radical (unpaired) electrons. The van der Waals surface area contributed by atoms with Gasteiger partial charge in [0.25, 0.3) is 0 Å². The molecule has 1 amide bonds. The fraction of sp³-hybridized carbons (Fsp3) is 0.375. The Morgan fingerprint density at radius 3 is 2.58 bits per heavy atom. The number of nitrogens with zero attached hydrogens (tertiary/aromatic N) is 4. The Labute approximate surface area is 202 Å². The quantitative estimate of drug-likeness (QED) is 0.423. The number of thioether (sulfide) groups is 1. The maximum atomic E-state index is 12.5. The third-order valence-electron chi connectivity index (χ3n) is 5.80. The lowest BCUT2D eigenvalue weighted by molar-refractivity contribution is -0.113. The molecule has 2 aromatic carbocycles. The maximum absolute atomic E-state index is 12.5. The Kier molecular flexibility index (Phi) is 6.73. The lowest BCUT2D eigenvalue weighted by Gasteiger charge is -2.17. The summed E-state index contributed by atoms with van der Waals surface area (Å²) in [5.41, 5.74) is 2.02. The van der Waals surface area contributed by atoms with Crippen molar-refractivity contribution >= 4 is 40.6 Å². The van der Waals surface area contributed by atoms with Crippen molar-refractivity contribution in [2.75, 3.05) is 29.1 Å². The molecule has 1 saturated carbocycles. The third kappa shape index (κ3) is 5.45. The molecular formula is C24H26ClN5O2S. The fourth-order valence-corrected chi connectivity index (χ4v) is 4.98. The number of anilines is 2. The summed E-state index contributed by atoms with van der Waals surface area (Å²) in [6.45, 7) is 2.49. The Morgan fingerprint density at radius 2 is 1.85 bits per heavy atom. The highest BCUT2D eigenvalue weighted by Gasteiger charge is 2.30. The zero-order chi connectivity index (χ0) is 22.6. The van der Waals surface area contributed by atoms with E-state index in [1.807, 2.05) is 30.3 Å².